The lowest BCUT2D eigenvalue weighted by Gasteiger charge is -2.09. The Morgan fingerprint density at radius 1 is 1.67 bits per heavy atom. The number of rotatable bonds is 5. The number of hydrogen-bond donors (Lipinski definition) is 1. The van der Waals surface area contributed by atoms with Crippen molar-refractivity contribution in [2.75, 3.05) is 6.61 Å². The average molecular weight is 206 g/mol. The molecule has 4 nitrogen and oxygen atoms in total. The normalized spacial score (nSPS) is 12.6. The fourth-order valence-electron chi connectivity index (χ4n) is 0.738. The van der Waals surface area contributed by atoms with Crippen LogP contribution in [0.25, 0.3) is 0 Å². The number of ether oxygens (including phenoxy) is 1. The van der Waals surface area contributed by atoms with Gasteiger partial charge >= 0.3 is 5.97 Å². The van der Waals surface area contributed by atoms with Crippen molar-refractivity contribution in [1.82, 2.24) is 0 Å². The van der Waals surface area contributed by atoms with Gasteiger partial charge in [-0.1, -0.05) is 30.9 Å². The number of allylic oxidation sites excluding steroid dienone is 3. The molecule has 0 saturated heterocycles. The minimum atomic E-state index is -0.917. The number of esters is 1. The first-order valence-electron chi connectivity index (χ1n) is 4.40. The van der Waals surface area contributed by atoms with E-state index in [1.807, 2.05) is 13.0 Å². The molecule has 0 spiro atoms. The molecule has 0 amide bonds. The van der Waals surface area contributed by atoms with E-state index in [9.17, 15) is 4.79 Å². The van der Waals surface area contributed by atoms with Crippen LogP contribution in [-0.4, -0.2) is 18.6 Å². The number of nitrogens with zero attached hydrogens (tertiary/aromatic N) is 1. The lowest BCUT2D eigenvalue weighted by molar-refractivity contribution is -0.142. The van der Waals surface area contributed by atoms with Crippen LogP contribution >= 0.6 is 0 Å². The van der Waals surface area contributed by atoms with E-state index < -0.39 is 12.0 Å². The fourth-order valence-corrected chi connectivity index (χ4v) is 0.738. The summed E-state index contributed by atoms with van der Waals surface area (Å²) in [5, 5.41) is 8.20. The number of carbonyl (C=O) groups is 1. The van der Waals surface area contributed by atoms with E-state index in [0.29, 0.717) is 5.57 Å². The number of nitrogens with two attached hydrogens (primary N) is 1. The molecule has 0 heterocycles. The predicted octanol–water partition coefficient (Wildman–Crippen LogP) is 1.07. The van der Waals surface area contributed by atoms with Crippen LogP contribution in [0.15, 0.2) is 36.5 Å². The van der Waals surface area contributed by atoms with Crippen molar-refractivity contribution >= 4 is 5.97 Å². The summed E-state index contributed by atoms with van der Waals surface area (Å²) in [4.78, 5) is 11.2. The molecule has 0 radical (unpaired) electrons. The number of hydrogen-bond acceptors (Lipinski definition) is 4. The summed E-state index contributed by atoms with van der Waals surface area (Å²) in [6, 6.07) is 0.770. The maximum atomic E-state index is 11.2. The van der Waals surface area contributed by atoms with E-state index in [1.54, 1.807) is 24.3 Å². The SMILES string of the molecule is C=C(/C=C\C=C/C)[C@H](N)C(=O)OCC#N. The molecule has 0 aromatic carbocycles. The van der Waals surface area contributed by atoms with Gasteiger partial charge in [0.2, 0.25) is 0 Å². The third-order valence-corrected chi connectivity index (χ3v) is 1.55. The van der Waals surface area contributed by atoms with Crippen LogP contribution in [0.4, 0.5) is 0 Å². The topological polar surface area (TPSA) is 76.1 Å². The van der Waals surface area contributed by atoms with Crippen molar-refractivity contribution < 1.29 is 9.53 Å². The zero-order valence-electron chi connectivity index (χ0n) is 8.64. The van der Waals surface area contributed by atoms with Gasteiger partial charge in [-0.25, -0.2) is 4.79 Å². The third-order valence-electron chi connectivity index (χ3n) is 1.55. The van der Waals surface area contributed by atoms with E-state index >= 15 is 0 Å². The molecule has 0 aliphatic heterocycles. The fraction of sp³-hybridized carbons (Fsp3) is 0.273. The van der Waals surface area contributed by atoms with Crippen LogP contribution in [-0.2, 0) is 9.53 Å². The number of nitriles is 1. The standard InChI is InChI=1S/C11H14N2O2/c1-3-4-5-6-9(2)10(13)11(14)15-8-7-12/h3-6,10H,2,8,13H2,1H3/b4-3-,6-5-/t10-/m0/s1. The first-order chi connectivity index (χ1) is 7.13. The second-order valence-corrected chi connectivity index (χ2v) is 2.70. The quantitative estimate of drug-likeness (QED) is 0.539. The molecule has 0 aromatic rings. The average Bonchev–Trinajstić information content (AvgIpc) is 2.24. The van der Waals surface area contributed by atoms with Gasteiger partial charge in [0.05, 0.1) is 0 Å². The molecule has 0 bridgehead atoms. The molecule has 4 heteroatoms. The van der Waals surface area contributed by atoms with Crippen molar-refractivity contribution in [3.05, 3.63) is 36.5 Å². The summed E-state index contributed by atoms with van der Waals surface area (Å²) >= 11 is 0. The number of carbonyl (C=O) groups excluding carboxylic acids is 1. The van der Waals surface area contributed by atoms with Crippen LogP contribution in [0, 0.1) is 11.3 Å². The molecule has 2 N–H and O–H groups in total. The van der Waals surface area contributed by atoms with Crippen molar-refractivity contribution in [3.8, 4) is 6.07 Å². The molecule has 0 fully saturated rings. The summed E-state index contributed by atoms with van der Waals surface area (Å²) in [5.74, 6) is -0.647. The van der Waals surface area contributed by atoms with Gasteiger partial charge in [-0.3, -0.25) is 0 Å². The van der Waals surface area contributed by atoms with E-state index in [1.165, 1.54) is 0 Å². The lowest BCUT2D eigenvalue weighted by Crippen LogP contribution is -2.33. The van der Waals surface area contributed by atoms with E-state index in [-0.39, 0.29) is 6.61 Å². The molecular weight excluding hydrogens is 192 g/mol. The minimum absolute atomic E-state index is 0.293. The maximum Gasteiger partial charge on any atom is 0.328 e. The summed E-state index contributed by atoms with van der Waals surface area (Å²) < 4.78 is 4.54. The second kappa shape index (κ2) is 7.54. The maximum absolute atomic E-state index is 11.2. The summed E-state index contributed by atoms with van der Waals surface area (Å²) in [7, 11) is 0. The Kier molecular flexibility index (Phi) is 6.60. The molecule has 15 heavy (non-hydrogen) atoms. The van der Waals surface area contributed by atoms with Gasteiger partial charge in [-0.05, 0) is 12.5 Å². The Balaban J connectivity index is 4.20. The molecule has 80 valence electrons. The highest BCUT2D eigenvalue weighted by molar-refractivity contribution is 5.80. The molecule has 0 aliphatic carbocycles. The Morgan fingerprint density at radius 3 is 2.87 bits per heavy atom. The molecular formula is C11H14N2O2. The molecule has 0 saturated carbocycles. The van der Waals surface area contributed by atoms with E-state index in [2.05, 4.69) is 11.3 Å². The van der Waals surface area contributed by atoms with Crippen molar-refractivity contribution in [3.63, 3.8) is 0 Å². The molecule has 1 atom stereocenters. The predicted molar refractivity (Wildman–Crippen MR) is 57.6 cm³/mol. The highest BCUT2D eigenvalue weighted by Crippen LogP contribution is 2.01. The van der Waals surface area contributed by atoms with Gasteiger partial charge < -0.3 is 10.5 Å². The van der Waals surface area contributed by atoms with E-state index in [0.717, 1.165) is 0 Å². The molecule has 0 unspecified atom stereocenters. The minimum Gasteiger partial charge on any atom is -0.449 e. The Morgan fingerprint density at radius 2 is 2.33 bits per heavy atom. The summed E-state index contributed by atoms with van der Waals surface area (Å²) in [5.41, 5.74) is 5.97. The summed E-state index contributed by atoms with van der Waals surface area (Å²) in [6.07, 6.45) is 6.97. The van der Waals surface area contributed by atoms with Gasteiger partial charge in [-0.2, -0.15) is 5.26 Å². The Hall–Kier alpha value is -1.86. The van der Waals surface area contributed by atoms with Crippen molar-refractivity contribution in [2.45, 2.75) is 13.0 Å². The first-order valence-corrected chi connectivity index (χ1v) is 4.40. The second-order valence-electron chi connectivity index (χ2n) is 2.70. The van der Waals surface area contributed by atoms with Crippen LogP contribution < -0.4 is 5.73 Å². The highest BCUT2D eigenvalue weighted by Gasteiger charge is 2.16. The van der Waals surface area contributed by atoms with Gasteiger partial charge in [0.15, 0.2) is 6.61 Å². The van der Waals surface area contributed by atoms with Gasteiger partial charge in [0.1, 0.15) is 12.1 Å². The summed E-state index contributed by atoms with van der Waals surface area (Å²) in [6.45, 7) is 5.20. The van der Waals surface area contributed by atoms with Crippen LogP contribution in [0.5, 0.6) is 0 Å². The van der Waals surface area contributed by atoms with Crippen molar-refractivity contribution in [2.24, 2.45) is 5.73 Å². The zero-order valence-corrected chi connectivity index (χ0v) is 8.64. The van der Waals surface area contributed by atoms with Crippen LogP contribution in [0.2, 0.25) is 0 Å². The van der Waals surface area contributed by atoms with E-state index in [4.69, 9.17) is 11.0 Å². The largest absolute Gasteiger partial charge is 0.449 e. The smallest absolute Gasteiger partial charge is 0.328 e. The first kappa shape index (κ1) is 13.1. The van der Waals surface area contributed by atoms with Gasteiger partial charge in [0, 0.05) is 0 Å². The molecule has 0 rings (SSSR count). The third kappa shape index (κ3) is 5.45. The Bertz CT molecular complexity index is 324. The van der Waals surface area contributed by atoms with Gasteiger partial charge in [-0.15, -0.1) is 0 Å². The van der Waals surface area contributed by atoms with Gasteiger partial charge in [0.25, 0.3) is 0 Å². The van der Waals surface area contributed by atoms with Crippen molar-refractivity contribution in [1.29, 1.82) is 5.26 Å². The molecule has 0 aliphatic rings. The zero-order chi connectivity index (χ0) is 11.7. The molecule has 0 aromatic heterocycles. The van der Waals surface area contributed by atoms with Crippen LogP contribution in [0.3, 0.4) is 0 Å². The lowest BCUT2D eigenvalue weighted by atomic mass is 10.1. The highest BCUT2D eigenvalue weighted by atomic mass is 16.5. The van der Waals surface area contributed by atoms with Crippen LogP contribution in [0.1, 0.15) is 6.92 Å². The Labute approximate surface area is 89.3 Å². The monoisotopic (exact) mass is 206 g/mol.